The SMILES string of the molecule is N#Cc1c(NS(=O)(=O)N2CC[C@@H](F)C2)ccc(F)c1Oc1ccc2ncn(-c3ccc(N4CCN(C(=O)CC5(O)CCN(c6ccc7c(c6)CN([C@H]6CCC(=O)NC6=O)C7=O)CC5)CC4)cc3)c(=O)c2c1. The third-order valence-corrected chi connectivity index (χ3v) is 15.5. The molecule has 3 N–H and O–H groups in total. The van der Waals surface area contributed by atoms with E-state index in [-0.39, 0.29) is 79.9 Å². The normalized spacial score (nSPS) is 20.5. The number of hydrogen-bond acceptors (Lipinski definition) is 13. The highest BCUT2D eigenvalue weighted by Crippen LogP contribution is 2.37. The minimum absolute atomic E-state index is 0.00500. The van der Waals surface area contributed by atoms with E-state index >= 15 is 4.39 Å². The summed E-state index contributed by atoms with van der Waals surface area (Å²) in [4.78, 5) is 76.7. The van der Waals surface area contributed by atoms with E-state index in [4.69, 9.17) is 4.74 Å². The van der Waals surface area contributed by atoms with Crippen LogP contribution in [0.1, 0.15) is 60.0 Å². The number of aromatic nitrogens is 2. The summed E-state index contributed by atoms with van der Waals surface area (Å²) in [7, 11) is -4.26. The van der Waals surface area contributed by atoms with Crippen molar-refractivity contribution >= 4 is 61.8 Å². The van der Waals surface area contributed by atoms with Crippen molar-refractivity contribution in [3.05, 3.63) is 112 Å². The molecule has 0 spiro atoms. The number of hydrogen-bond donors (Lipinski definition) is 3. The van der Waals surface area contributed by atoms with Gasteiger partial charge in [0.25, 0.3) is 11.5 Å². The Morgan fingerprint density at radius 2 is 1.62 bits per heavy atom. The van der Waals surface area contributed by atoms with Gasteiger partial charge in [0.1, 0.15) is 35.9 Å². The van der Waals surface area contributed by atoms with E-state index in [9.17, 15) is 47.1 Å². The zero-order valence-corrected chi connectivity index (χ0v) is 39.0. The number of piperazine rings is 1. The van der Waals surface area contributed by atoms with Gasteiger partial charge < -0.3 is 29.4 Å². The number of rotatable bonds is 11. The Hall–Kier alpha value is -7.48. The maximum Gasteiger partial charge on any atom is 0.301 e. The maximum absolute atomic E-state index is 15.2. The third kappa shape index (κ3) is 9.35. The fraction of sp³-hybridized carbons (Fsp3) is 0.367. The number of anilines is 3. The van der Waals surface area contributed by atoms with Crippen LogP contribution in [0, 0.1) is 17.1 Å². The lowest BCUT2D eigenvalue weighted by molar-refractivity contribution is -0.138. The van der Waals surface area contributed by atoms with Crippen LogP contribution < -0.4 is 30.1 Å². The molecule has 71 heavy (non-hydrogen) atoms. The molecule has 4 amide bonds. The highest BCUT2D eigenvalue weighted by atomic mass is 32.2. The fourth-order valence-electron chi connectivity index (χ4n) is 9.98. The molecule has 2 atom stereocenters. The van der Waals surface area contributed by atoms with E-state index in [0.717, 1.165) is 33.4 Å². The van der Waals surface area contributed by atoms with Gasteiger partial charge in [-0.3, -0.25) is 38.6 Å². The number of ether oxygens (including phenoxy) is 1. The van der Waals surface area contributed by atoms with Crippen molar-refractivity contribution in [2.24, 2.45) is 0 Å². The lowest BCUT2D eigenvalue weighted by Gasteiger charge is -2.41. The minimum Gasteiger partial charge on any atom is -0.453 e. The standard InChI is InChI=1S/C49H48F2N10O9S/c50-31-13-16-59(28-31)71(68,69)55-41-10-8-39(51)45(38(41)26-52)70-35-6-9-40-37(24-35)48(66)61(29-53-40)33-3-1-32(2-4-33)57-19-21-58(22-20-57)44(63)25-49(67)14-17-56(18-15-49)34-5-7-36-30(23-34)27-60(47(36)65)42-11-12-43(62)54-46(42)64/h1-10,23-24,29,31,42,55,67H,11-22,25,27-28H2,(H,54,62,64)/t31-,42+/m1/s1. The number of aliphatic hydroxyl groups is 1. The number of carbonyl (C=O) groups excluding carboxylic acids is 4. The number of nitriles is 1. The third-order valence-electron chi connectivity index (χ3n) is 14.0. The molecule has 5 aliphatic rings. The number of amides is 4. The van der Waals surface area contributed by atoms with Crippen molar-refractivity contribution in [2.45, 2.75) is 62.9 Å². The molecule has 5 aromatic rings. The van der Waals surface area contributed by atoms with Gasteiger partial charge in [0.15, 0.2) is 11.6 Å². The van der Waals surface area contributed by atoms with Gasteiger partial charge in [-0.25, -0.2) is 13.8 Å². The first-order chi connectivity index (χ1) is 34.1. The summed E-state index contributed by atoms with van der Waals surface area (Å²) in [6.45, 7) is 2.86. The Morgan fingerprint density at radius 3 is 2.32 bits per heavy atom. The number of benzene rings is 4. The smallest absolute Gasteiger partial charge is 0.301 e. The van der Waals surface area contributed by atoms with Gasteiger partial charge in [-0.2, -0.15) is 18.0 Å². The van der Waals surface area contributed by atoms with Crippen molar-refractivity contribution in [3.63, 3.8) is 0 Å². The van der Waals surface area contributed by atoms with Gasteiger partial charge in [0.05, 0.1) is 34.3 Å². The number of nitrogens with zero attached hydrogens (tertiary/aromatic N) is 8. The van der Waals surface area contributed by atoms with Crippen LogP contribution >= 0.6 is 0 Å². The first kappa shape index (κ1) is 47.2. The summed E-state index contributed by atoms with van der Waals surface area (Å²) in [5.41, 5.74) is 1.55. The van der Waals surface area contributed by atoms with E-state index in [2.05, 4.69) is 24.8 Å². The summed E-state index contributed by atoms with van der Waals surface area (Å²) in [5.74, 6) is -2.72. The zero-order chi connectivity index (χ0) is 49.8. The second-order valence-corrected chi connectivity index (χ2v) is 20.1. The predicted octanol–water partition coefficient (Wildman–Crippen LogP) is 3.72. The molecular weight excluding hydrogens is 943 g/mol. The molecule has 4 aromatic carbocycles. The Bertz CT molecular complexity index is 3210. The molecule has 6 heterocycles. The molecule has 368 valence electrons. The van der Waals surface area contributed by atoms with Gasteiger partial charge in [-0.15, -0.1) is 0 Å². The van der Waals surface area contributed by atoms with Crippen molar-refractivity contribution in [3.8, 4) is 23.3 Å². The average molecular weight is 991 g/mol. The molecule has 22 heteroatoms. The molecule has 1 aromatic heterocycles. The predicted molar refractivity (Wildman–Crippen MR) is 254 cm³/mol. The van der Waals surface area contributed by atoms with Crippen LogP contribution in [-0.2, 0) is 31.1 Å². The zero-order valence-electron chi connectivity index (χ0n) is 38.2. The van der Waals surface area contributed by atoms with Gasteiger partial charge >= 0.3 is 10.2 Å². The van der Waals surface area contributed by atoms with Gasteiger partial charge in [-0.1, -0.05) is 0 Å². The number of alkyl halides is 1. The minimum atomic E-state index is -4.26. The molecule has 4 saturated heterocycles. The molecular formula is C49H48F2N10O9S. The summed E-state index contributed by atoms with van der Waals surface area (Å²) >= 11 is 0. The van der Waals surface area contributed by atoms with Crippen molar-refractivity contribution in [1.82, 2.24) is 29.0 Å². The van der Waals surface area contributed by atoms with Crippen LogP contribution in [0.3, 0.4) is 0 Å². The lowest BCUT2D eigenvalue weighted by atomic mass is 9.87. The van der Waals surface area contributed by atoms with E-state index in [1.807, 2.05) is 24.3 Å². The molecule has 10 rings (SSSR count). The summed E-state index contributed by atoms with van der Waals surface area (Å²) < 4.78 is 65.1. The molecule has 0 bridgehead atoms. The molecule has 0 saturated carbocycles. The number of nitrogens with one attached hydrogen (secondary N) is 2. The van der Waals surface area contributed by atoms with Crippen LogP contribution in [0.25, 0.3) is 16.6 Å². The summed E-state index contributed by atoms with van der Waals surface area (Å²) in [5, 5.41) is 24.0. The largest absolute Gasteiger partial charge is 0.453 e. The Balaban J connectivity index is 0.736. The van der Waals surface area contributed by atoms with E-state index in [1.54, 1.807) is 29.2 Å². The molecule has 4 fully saturated rings. The quantitative estimate of drug-likeness (QED) is 0.161. The number of carbonyl (C=O) groups is 4. The molecule has 0 aliphatic carbocycles. The first-order valence-corrected chi connectivity index (χ1v) is 24.7. The van der Waals surface area contributed by atoms with Crippen LogP contribution in [0.4, 0.5) is 25.8 Å². The highest BCUT2D eigenvalue weighted by molar-refractivity contribution is 7.90. The topological polar surface area (TPSA) is 231 Å². The number of fused-ring (bicyclic) bond motifs is 2. The van der Waals surface area contributed by atoms with E-state index < -0.39 is 56.6 Å². The van der Waals surface area contributed by atoms with Crippen LogP contribution in [0.5, 0.6) is 11.5 Å². The lowest BCUT2D eigenvalue weighted by Crippen LogP contribution is -2.52. The Morgan fingerprint density at radius 1 is 0.901 bits per heavy atom. The molecule has 5 aliphatic heterocycles. The number of imide groups is 1. The Kier molecular flexibility index (Phi) is 12.4. The molecule has 0 radical (unpaired) electrons. The summed E-state index contributed by atoms with van der Waals surface area (Å²) in [6.07, 6.45) is 1.30. The van der Waals surface area contributed by atoms with E-state index in [0.29, 0.717) is 68.9 Å². The van der Waals surface area contributed by atoms with Gasteiger partial charge in [-0.05, 0) is 104 Å². The number of piperidine rings is 2. The maximum atomic E-state index is 15.2. The second-order valence-electron chi connectivity index (χ2n) is 18.5. The first-order valence-electron chi connectivity index (χ1n) is 23.3. The number of halogens is 2. The Labute approximate surface area is 406 Å². The van der Waals surface area contributed by atoms with Gasteiger partial charge in [0, 0.05) is 82.3 Å². The monoisotopic (exact) mass is 990 g/mol. The second kappa shape index (κ2) is 18.7. The van der Waals surface area contributed by atoms with Crippen molar-refractivity contribution in [2.75, 3.05) is 66.9 Å². The fourth-order valence-corrected chi connectivity index (χ4v) is 11.3. The van der Waals surface area contributed by atoms with Crippen LogP contribution in [0.2, 0.25) is 0 Å². The van der Waals surface area contributed by atoms with Crippen molar-refractivity contribution < 1.29 is 46.2 Å². The van der Waals surface area contributed by atoms with Crippen molar-refractivity contribution in [1.29, 1.82) is 5.26 Å². The van der Waals surface area contributed by atoms with Crippen LogP contribution in [0.15, 0.2) is 83.9 Å². The summed E-state index contributed by atoms with van der Waals surface area (Å²) in [6, 6.07) is 20.2. The van der Waals surface area contributed by atoms with Crippen LogP contribution in [-0.4, -0.2) is 131 Å². The highest BCUT2D eigenvalue weighted by Gasteiger charge is 2.41. The van der Waals surface area contributed by atoms with E-state index in [1.165, 1.54) is 34.0 Å². The molecule has 0 unspecified atom stereocenters. The van der Waals surface area contributed by atoms with Gasteiger partial charge in [0.2, 0.25) is 17.7 Å². The average Bonchev–Trinajstić information content (AvgIpc) is 3.95. The molecule has 19 nitrogen and oxygen atoms in total.